The molecule has 0 unspecified atom stereocenters. The Morgan fingerprint density at radius 1 is 1.45 bits per heavy atom. The van der Waals surface area contributed by atoms with E-state index in [-0.39, 0.29) is 5.75 Å². The smallest absolute Gasteiger partial charge is 0.313 e. The quantitative estimate of drug-likeness (QED) is 0.827. The molecule has 0 spiro atoms. The molecule has 2 rings (SSSR count). The van der Waals surface area contributed by atoms with Gasteiger partial charge in [0.05, 0.1) is 16.8 Å². The van der Waals surface area contributed by atoms with Crippen LogP contribution in [0.3, 0.4) is 0 Å². The van der Waals surface area contributed by atoms with Crippen molar-refractivity contribution in [3.8, 4) is 0 Å². The molecule has 0 aliphatic rings. The lowest BCUT2D eigenvalue weighted by Gasteiger charge is -2.10. The summed E-state index contributed by atoms with van der Waals surface area (Å²) in [6.07, 6.45) is 1.06. The minimum atomic E-state index is -0.811. The third-order valence-corrected chi connectivity index (χ3v) is 4.08. The van der Waals surface area contributed by atoms with E-state index < -0.39 is 5.97 Å². The van der Waals surface area contributed by atoms with Crippen LogP contribution in [0, 0.1) is 12.8 Å². The van der Waals surface area contributed by atoms with Gasteiger partial charge in [-0.15, -0.1) is 0 Å². The molecule has 0 saturated carbocycles. The predicted molar refractivity (Wildman–Crippen MR) is 82.3 cm³/mol. The van der Waals surface area contributed by atoms with Crippen molar-refractivity contribution in [1.29, 1.82) is 0 Å². The van der Waals surface area contributed by atoms with Crippen molar-refractivity contribution in [2.24, 2.45) is 5.92 Å². The molecule has 0 amide bonds. The molecule has 0 aliphatic heterocycles. The normalized spacial score (nSPS) is 11.4. The largest absolute Gasteiger partial charge is 0.481 e. The Labute approximate surface area is 123 Å². The number of carbonyl (C=O) groups is 1. The molecule has 0 atom stereocenters. The lowest BCUT2D eigenvalue weighted by atomic mass is 10.1. The topological polar surface area (TPSA) is 55.1 Å². The summed E-state index contributed by atoms with van der Waals surface area (Å²) in [5.41, 5.74) is 3.23. The van der Waals surface area contributed by atoms with Crippen LogP contribution >= 0.6 is 11.8 Å². The molecule has 0 saturated heterocycles. The average molecular weight is 292 g/mol. The van der Waals surface area contributed by atoms with Crippen LogP contribution in [-0.4, -0.2) is 26.4 Å². The summed E-state index contributed by atoms with van der Waals surface area (Å²) in [7, 11) is 0. The van der Waals surface area contributed by atoms with Gasteiger partial charge in [0, 0.05) is 6.54 Å². The van der Waals surface area contributed by atoms with Crippen LogP contribution in [0.4, 0.5) is 0 Å². The van der Waals surface area contributed by atoms with E-state index in [0.29, 0.717) is 5.92 Å². The number of aliphatic carboxylic acids is 1. The SMILES string of the molecule is Cc1ccc2nc(SCC(=O)O)n(CCC(C)C)c2c1. The number of benzene rings is 1. The molecule has 1 N–H and O–H groups in total. The fourth-order valence-electron chi connectivity index (χ4n) is 2.05. The Morgan fingerprint density at radius 3 is 2.85 bits per heavy atom. The highest BCUT2D eigenvalue weighted by molar-refractivity contribution is 7.99. The first-order chi connectivity index (χ1) is 9.47. The second-order valence-electron chi connectivity index (χ2n) is 5.40. The van der Waals surface area contributed by atoms with Crippen LogP contribution in [0.1, 0.15) is 25.8 Å². The van der Waals surface area contributed by atoms with Crippen molar-refractivity contribution in [2.75, 3.05) is 5.75 Å². The average Bonchev–Trinajstić information content (AvgIpc) is 2.71. The minimum Gasteiger partial charge on any atom is -0.481 e. The van der Waals surface area contributed by atoms with Gasteiger partial charge in [0.15, 0.2) is 5.16 Å². The molecule has 0 aliphatic carbocycles. The van der Waals surface area contributed by atoms with Gasteiger partial charge in [-0.1, -0.05) is 31.7 Å². The molecule has 1 heterocycles. The third-order valence-electron chi connectivity index (χ3n) is 3.12. The molecule has 20 heavy (non-hydrogen) atoms. The summed E-state index contributed by atoms with van der Waals surface area (Å²) in [4.78, 5) is 15.3. The van der Waals surface area contributed by atoms with E-state index in [1.54, 1.807) is 0 Å². The third kappa shape index (κ3) is 3.54. The Morgan fingerprint density at radius 2 is 2.20 bits per heavy atom. The van der Waals surface area contributed by atoms with Gasteiger partial charge in [0.25, 0.3) is 0 Å². The first-order valence-electron chi connectivity index (χ1n) is 6.79. The molecule has 2 aromatic rings. The summed E-state index contributed by atoms with van der Waals surface area (Å²) >= 11 is 1.29. The van der Waals surface area contributed by atoms with Gasteiger partial charge >= 0.3 is 5.97 Å². The highest BCUT2D eigenvalue weighted by Crippen LogP contribution is 2.25. The number of rotatable bonds is 6. The van der Waals surface area contributed by atoms with E-state index >= 15 is 0 Å². The summed E-state index contributed by atoms with van der Waals surface area (Å²) < 4.78 is 2.15. The van der Waals surface area contributed by atoms with E-state index in [2.05, 4.69) is 36.4 Å². The maximum Gasteiger partial charge on any atom is 0.313 e. The number of hydrogen-bond acceptors (Lipinski definition) is 3. The van der Waals surface area contributed by atoms with Crippen molar-refractivity contribution < 1.29 is 9.90 Å². The maximum atomic E-state index is 10.8. The van der Waals surface area contributed by atoms with Gasteiger partial charge in [0.1, 0.15) is 0 Å². The molecule has 0 fully saturated rings. The van der Waals surface area contributed by atoms with E-state index in [1.807, 2.05) is 12.1 Å². The van der Waals surface area contributed by atoms with E-state index in [0.717, 1.165) is 29.2 Å². The van der Waals surface area contributed by atoms with E-state index in [9.17, 15) is 4.79 Å². The highest BCUT2D eigenvalue weighted by atomic mass is 32.2. The molecule has 108 valence electrons. The molecular formula is C15H20N2O2S. The number of imidazole rings is 1. The van der Waals surface area contributed by atoms with Crippen molar-refractivity contribution in [2.45, 2.75) is 38.9 Å². The monoisotopic (exact) mass is 292 g/mol. The van der Waals surface area contributed by atoms with Crippen LogP contribution in [0.2, 0.25) is 0 Å². The molecule has 4 nitrogen and oxygen atoms in total. The minimum absolute atomic E-state index is 0.0456. The molecule has 1 aromatic carbocycles. The van der Waals surface area contributed by atoms with Crippen molar-refractivity contribution >= 4 is 28.8 Å². The Kier molecular flexibility index (Phi) is 4.70. The number of hydrogen-bond donors (Lipinski definition) is 1. The zero-order chi connectivity index (χ0) is 14.7. The van der Waals surface area contributed by atoms with Gasteiger partial charge in [-0.05, 0) is 37.0 Å². The fraction of sp³-hybridized carbons (Fsp3) is 0.467. The Balaban J connectivity index is 2.37. The second-order valence-corrected chi connectivity index (χ2v) is 6.35. The van der Waals surface area contributed by atoms with Crippen LogP contribution in [0.25, 0.3) is 11.0 Å². The lowest BCUT2D eigenvalue weighted by Crippen LogP contribution is -2.05. The van der Waals surface area contributed by atoms with Crippen LogP contribution in [0.15, 0.2) is 23.4 Å². The summed E-state index contributed by atoms with van der Waals surface area (Å²) in [5, 5.41) is 9.64. The maximum absolute atomic E-state index is 10.8. The molecule has 0 radical (unpaired) electrons. The Hall–Kier alpha value is -1.49. The van der Waals surface area contributed by atoms with Crippen LogP contribution in [0.5, 0.6) is 0 Å². The standard InChI is InChI=1S/C15H20N2O2S/c1-10(2)6-7-17-13-8-11(3)4-5-12(13)16-15(17)20-9-14(18)19/h4-5,8,10H,6-7,9H2,1-3H3,(H,18,19). The first-order valence-corrected chi connectivity index (χ1v) is 7.77. The van der Waals surface area contributed by atoms with E-state index in [1.165, 1.54) is 17.3 Å². The number of carboxylic acid groups (broad SMARTS) is 1. The lowest BCUT2D eigenvalue weighted by molar-refractivity contribution is -0.133. The summed E-state index contributed by atoms with van der Waals surface area (Å²) in [6.45, 7) is 7.31. The second kappa shape index (κ2) is 6.31. The number of fused-ring (bicyclic) bond motifs is 1. The van der Waals surface area contributed by atoms with Crippen LogP contribution in [-0.2, 0) is 11.3 Å². The zero-order valence-corrected chi connectivity index (χ0v) is 12.9. The highest BCUT2D eigenvalue weighted by Gasteiger charge is 2.13. The molecular weight excluding hydrogens is 272 g/mol. The fourth-order valence-corrected chi connectivity index (χ4v) is 2.81. The number of aryl methyl sites for hydroxylation is 2. The van der Waals surface area contributed by atoms with Gasteiger partial charge in [-0.3, -0.25) is 4.79 Å². The summed E-state index contributed by atoms with van der Waals surface area (Å²) in [5.74, 6) is -0.160. The van der Waals surface area contributed by atoms with Crippen molar-refractivity contribution in [1.82, 2.24) is 9.55 Å². The number of aromatic nitrogens is 2. The number of carboxylic acids is 1. The zero-order valence-electron chi connectivity index (χ0n) is 12.1. The molecule has 0 bridgehead atoms. The van der Waals surface area contributed by atoms with Gasteiger partial charge in [-0.25, -0.2) is 4.98 Å². The number of nitrogens with zero attached hydrogens (tertiary/aromatic N) is 2. The van der Waals surface area contributed by atoms with Crippen molar-refractivity contribution in [3.63, 3.8) is 0 Å². The van der Waals surface area contributed by atoms with Gasteiger partial charge in [0.2, 0.25) is 0 Å². The summed E-state index contributed by atoms with van der Waals surface area (Å²) in [6, 6.07) is 6.16. The van der Waals surface area contributed by atoms with Gasteiger partial charge < -0.3 is 9.67 Å². The van der Waals surface area contributed by atoms with E-state index in [4.69, 9.17) is 5.11 Å². The molecule has 1 aromatic heterocycles. The van der Waals surface area contributed by atoms with Crippen LogP contribution < -0.4 is 0 Å². The molecule has 5 heteroatoms. The Bertz CT molecular complexity index is 620. The number of thioether (sulfide) groups is 1. The van der Waals surface area contributed by atoms with Gasteiger partial charge in [-0.2, -0.15) is 0 Å². The predicted octanol–water partition coefficient (Wildman–Crippen LogP) is 3.57. The first kappa shape index (κ1) is 14.9. The van der Waals surface area contributed by atoms with Crippen molar-refractivity contribution in [3.05, 3.63) is 23.8 Å².